The Balaban J connectivity index is 1.78. The number of imidazole rings is 1. The number of carbonyl (C=O) groups is 2. The molecule has 3 rings (SSSR count). The van der Waals surface area contributed by atoms with Crippen molar-refractivity contribution < 1.29 is 9.59 Å². The van der Waals surface area contributed by atoms with Gasteiger partial charge in [0, 0.05) is 17.6 Å². The van der Waals surface area contributed by atoms with Crippen molar-refractivity contribution in [1.82, 2.24) is 19.8 Å². The lowest BCUT2D eigenvalue weighted by atomic mass is 9.98. The molecule has 29 heavy (non-hydrogen) atoms. The number of fused-ring (bicyclic) bond motifs is 1. The van der Waals surface area contributed by atoms with E-state index in [1.807, 2.05) is 54.5 Å². The topological polar surface area (TPSA) is 67.2 Å². The second kappa shape index (κ2) is 8.78. The van der Waals surface area contributed by atoms with E-state index >= 15 is 0 Å². The number of para-hydroxylation sites is 2. The van der Waals surface area contributed by atoms with Gasteiger partial charge in [0.1, 0.15) is 6.54 Å². The quantitative estimate of drug-likeness (QED) is 0.752. The molecule has 0 spiro atoms. The minimum Gasteiger partial charge on any atom is -0.350 e. The standard InChI is InChI=1S/C22H32N4O2S/c1-15-9-8-10-16(2)26(15)20(28)14-29-21-23-17-11-6-7-12-18(17)25(21)13-19(27)24-22(3,4)5/h6-7,11-12,15-16H,8-10,13-14H2,1-5H3,(H,24,27)/t15-,16-/m1/s1. The van der Waals surface area contributed by atoms with Gasteiger partial charge in [-0.05, 0) is 66.0 Å². The van der Waals surface area contributed by atoms with E-state index in [4.69, 9.17) is 4.98 Å². The van der Waals surface area contributed by atoms with Crippen LogP contribution in [0.4, 0.5) is 0 Å². The van der Waals surface area contributed by atoms with Crippen LogP contribution in [-0.4, -0.2) is 49.6 Å². The minimum atomic E-state index is -0.294. The minimum absolute atomic E-state index is 0.0629. The summed E-state index contributed by atoms with van der Waals surface area (Å²) in [4.78, 5) is 32.2. The van der Waals surface area contributed by atoms with Gasteiger partial charge in [-0.25, -0.2) is 4.98 Å². The predicted octanol–water partition coefficient (Wildman–Crippen LogP) is 3.83. The van der Waals surface area contributed by atoms with Gasteiger partial charge in [-0.15, -0.1) is 0 Å². The van der Waals surface area contributed by atoms with Crippen molar-refractivity contribution in [3.63, 3.8) is 0 Å². The maximum atomic E-state index is 12.9. The molecule has 158 valence electrons. The Morgan fingerprint density at radius 2 is 1.83 bits per heavy atom. The second-order valence-electron chi connectivity index (χ2n) is 8.99. The first-order chi connectivity index (χ1) is 13.7. The number of hydrogen-bond donors (Lipinski definition) is 1. The van der Waals surface area contributed by atoms with Gasteiger partial charge in [-0.2, -0.15) is 0 Å². The van der Waals surface area contributed by atoms with Gasteiger partial charge < -0.3 is 14.8 Å². The Hall–Kier alpha value is -2.02. The zero-order valence-electron chi connectivity index (χ0n) is 18.1. The number of piperidine rings is 1. The number of carbonyl (C=O) groups excluding carboxylic acids is 2. The normalized spacial score (nSPS) is 20.1. The Bertz CT molecular complexity index is 877. The first kappa shape index (κ1) is 21.7. The Kier molecular flexibility index (Phi) is 6.56. The fourth-order valence-electron chi connectivity index (χ4n) is 4.03. The molecule has 2 atom stereocenters. The SMILES string of the molecule is C[C@@H]1CCC[C@@H](C)N1C(=O)CSc1nc2ccccc2n1CC(=O)NC(C)(C)C. The van der Waals surface area contributed by atoms with Crippen molar-refractivity contribution in [2.75, 3.05) is 5.75 Å². The summed E-state index contributed by atoms with van der Waals surface area (Å²) >= 11 is 1.42. The number of thioether (sulfide) groups is 1. The van der Waals surface area contributed by atoms with Crippen LogP contribution in [0.5, 0.6) is 0 Å². The molecule has 1 aliphatic heterocycles. The molecule has 1 aliphatic rings. The summed E-state index contributed by atoms with van der Waals surface area (Å²) < 4.78 is 1.91. The zero-order chi connectivity index (χ0) is 21.2. The number of likely N-dealkylation sites (tertiary alicyclic amines) is 1. The van der Waals surface area contributed by atoms with E-state index in [2.05, 4.69) is 19.2 Å². The molecule has 0 aliphatic carbocycles. The lowest BCUT2D eigenvalue weighted by Crippen LogP contribution is -2.48. The summed E-state index contributed by atoms with van der Waals surface area (Å²) in [5, 5.41) is 3.71. The largest absolute Gasteiger partial charge is 0.350 e. The van der Waals surface area contributed by atoms with Gasteiger partial charge in [-0.1, -0.05) is 23.9 Å². The van der Waals surface area contributed by atoms with Crippen molar-refractivity contribution in [2.45, 2.75) is 83.2 Å². The molecule has 2 heterocycles. The third kappa shape index (κ3) is 5.32. The fraction of sp³-hybridized carbons (Fsp3) is 0.591. The van der Waals surface area contributed by atoms with Crippen molar-refractivity contribution >= 4 is 34.6 Å². The first-order valence-electron chi connectivity index (χ1n) is 10.4. The van der Waals surface area contributed by atoms with Crippen LogP contribution in [0.25, 0.3) is 11.0 Å². The highest BCUT2D eigenvalue weighted by Crippen LogP contribution is 2.27. The maximum absolute atomic E-state index is 12.9. The molecule has 6 nitrogen and oxygen atoms in total. The van der Waals surface area contributed by atoms with Crippen LogP contribution >= 0.6 is 11.8 Å². The molecule has 1 aromatic heterocycles. The first-order valence-corrected chi connectivity index (χ1v) is 11.3. The number of amides is 2. The fourth-order valence-corrected chi connectivity index (χ4v) is 4.91. The highest BCUT2D eigenvalue weighted by Gasteiger charge is 2.29. The molecule has 1 fully saturated rings. The molecule has 0 unspecified atom stereocenters. The van der Waals surface area contributed by atoms with Crippen LogP contribution in [0.1, 0.15) is 53.9 Å². The maximum Gasteiger partial charge on any atom is 0.240 e. The van der Waals surface area contributed by atoms with Crippen LogP contribution in [0.15, 0.2) is 29.4 Å². The van der Waals surface area contributed by atoms with Crippen LogP contribution in [0, 0.1) is 0 Å². The van der Waals surface area contributed by atoms with E-state index in [-0.39, 0.29) is 36.0 Å². The Morgan fingerprint density at radius 3 is 2.48 bits per heavy atom. The highest BCUT2D eigenvalue weighted by molar-refractivity contribution is 7.99. The molecule has 0 bridgehead atoms. The molecule has 0 radical (unpaired) electrons. The molecule has 2 aromatic rings. The van der Waals surface area contributed by atoms with Gasteiger partial charge in [0.25, 0.3) is 0 Å². The van der Waals surface area contributed by atoms with Crippen LogP contribution in [0.3, 0.4) is 0 Å². The number of nitrogens with one attached hydrogen (secondary N) is 1. The number of rotatable bonds is 5. The monoisotopic (exact) mass is 416 g/mol. The van der Waals surface area contributed by atoms with Crippen LogP contribution in [0.2, 0.25) is 0 Å². The number of benzene rings is 1. The number of hydrogen-bond acceptors (Lipinski definition) is 4. The summed E-state index contributed by atoms with van der Waals surface area (Å²) in [6.07, 6.45) is 3.30. The average molecular weight is 417 g/mol. The molecule has 1 N–H and O–H groups in total. The van der Waals surface area contributed by atoms with Crippen molar-refractivity contribution in [1.29, 1.82) is 0 Å². The molecule has 7 heteroatoms. The summed E-state index contributed by atoms with van der Waals surface area (Å²) in [6, 6.07) is 8.35. The molecule has 1 aromatic carbocycles. The van der Waals surface area contributed by atoms with E-state index < -0.39 is 0 Å². The smallest absolute Gasteiger partial charge is 0.240 e. The third-order valence-corrected chi connectivity index (χ3v) is 6.20. The Labute approximate surface area is 177 Å². The molecular weight excluding hydrogens is 384 g/mol. The predicted molar refractivity (Wildman–Crippen MR) is 118 cm³/mol. The summed E-state index contributed by atoms with van der Waals surface area (Å²) in [6.45, 7) is 10.3. The summed E-state index contributed by atoms with van der Waals surface area (Å²) in [7, 11) is 0. The number of aromatic nitrogens is 2. The van der Waals surface area contributed by atoms with Crippen molar-refractivity contribution in [3.8, 4) is 0 Å². The van der Waals surface area contributed by atoms with E-state index in [9.17, 15) is 9.59 Å². The lowest BCUT2D eigenvalue weighted by Gasteiger charge is -2.39. The van der Waals surface area contributed by atoms with E-state index in [1.165, 1.54) is 18.2 Å². The summed E-state index contributed by atoms with van der Waals surface area (Å²) in [5.74, 6) is 0.415. The van der Waals surface area contributed by atoms with Gasteiger partial charge in [0.2, 0.25) is 11.8 Å². The van der Waals surface area contributed by atoms with Crippen LogP contribution < -0.4 is 5.32 Å². The van der Waals surface area contributed by atoms with E-state index in [1.54, 1.807) is 0 Å². The van der Waals surface area contributed by atoms with Gasteiger partial charge in [0.05, 0.1) is 16.8 Å². The lowest BCUT2D eigenvalue weighted by molar-refractivity contribution is -0.134. The zero-order valence-corrected chi connectivity index (χ0v) is 18.9. The number of nitrogens with zero attached hydrogens (tertiary/aromatic N) is 3. The molecule has 2 amide bonds. The molecule has 1 saturated heterocycles. The van der Waals surface area contributed by atoms with Gasteiger partial charge in [0.15, 0.2) is 5.16 Å². The van der Waals surface area contributed by atoms with Gasteiger partial charge >= 0.3 is 0 Å². The van der Waals surface area contributed by atoms with Crippen molar-refractivity contribution in [2.24, 2.45) is 0 Å². The summed E-state index contributed by atoms with van der Waals surface area (Å²) in [5.41, 5.74) is 1.45. The Morgan fingerprint density at radius 1 is 1.17 bits per heavy atom. The van der Waals surface area contributed by atoms with Crippen molar-refractivity contribution in [3.05, 3.63) is 24.3 Å². The van der Waals surface area contributed by atoms with E-state index in [0.717, 1.165) is 23.9 Å². The van der Waals surface area contributed by atoms with Gasteiger partial charge in [-0.3, -0.25) is 9.59 Å². The molecule has 0 saturated carbocycles. The highest BCUT2D eigenvalue weighted by atomic mass is 32.2. The third-order valence-electron chi connectivity index (χ3n) is 5.24. The van der Waals surface area contributed by atoms with E-state index in [0.29, 0.717) is 10.9 Å². The average Bonchev–Trinajstić information content (AvgIpc) is 2.96. The van der Waals surface area contributed by atoms with Crippen LogP contribution in [-0.2, 0) is 16.1 Å². The second-order valence-corrected chi connectivity index (χ2v) is 9.93. The molecular formula is C22H32N4O2S.